The molecule has 3 aromatic rings. The second kappa shape index (κ2) is 8.57. The molecule has 0 atom stereocenters. The van der Waals surface area contributed by atoms with Crippen molar-refractivity contribution >= 4 is 5.91 Å². The quantitative estimate of drug-likeness (QED) is 0.673. The molecule has 4 rings (SSSR count). The molecule has 0 aliphatic carbocycles. The van der Waals surface area contributed by atoms with Crippen LogP contribution in [0.2, 0.25) is 0 Å². The molecular formula is C23H27N5O. The first kappa shape index (κ1) is 19.3. The van der Waals surface area contributed by atoms with Crippen molar-refractivity contribution in [1.29, 1.82) is 0 Å². The van der Waals surface area contributed by atoms with Gasteiger partial charge in [0.15, 0.2) is 0 Å². The lowest BCUT2D eigenvalue weighted by molar-refractivity contribution is -0.132. The molecule has 1 aliphatic heterocycles. The third kappa shape index (κ3) is 4.38. The Hall–Kier alpha value is -2.99. The smallest absolute Gasteiger partial charge is 0.227 e. The van der Waals surface area contributed by atoms with Crippen molar-refractivity contribution in [3.63, 3.8) is 0 Å². The van der Waals surface area contributed by atoms with Crippen molar-refractivity contribution in [3.8, 4) is 5.69 Å². The molecule has 0 N–H and O–H groups in total. The molecule has 6 nitrogen and oxygen atoms in total. The number of hydrogen-bond acceptors (Lipinski definition) is 4. The first-order chi connectivity index (χ1) is 14.1. The standard InChI is InChI=1S/C23H27N5O/c1-18-22(19(2)28(25-18)21-6-4-3-5-7-21)16-23(29)27-14-12-26(13-15-27)17-20-8-10-24-11-9-20/h3-11H,12-17H2,1-2H3. The molecule has 2 aromatic heterocycles. The van der Waals surface area contributed by atoms with E-state index in [1.54, 1.807) is 0 Å². The minimum atomic E-state index is 0.187. The summed E-state index contributed by atoms with van der Waals surface area (Å²) in [6, 6.07) is 14.2. The van der Waals surface area contributed by atoms with E-state index < -0.39 is 0 Å². The normalized spacial score (nSPS) is 14.9. The molecule has 0 unspecified atom stereocenters. The van der Waals surface area contributed by atoms with Gasteiger partial charge in [-0.05, 0) is 43.7 Å². The van der Waals surface area contributed by atoms with Gasteiger partial charge in [0.1, 0.15) is 0 Å². The Kier molecular flexibility index (Phi) is 5.71. The van der Waals surface area contributed by atoms with Crippen LogP contribution in [0.3, 0.4) is 0 Å². The monoisotopic (exact) mass is 389 g/mol. The van der Waals surface area contributed by atoms with E-state index in [0.29, 0.717) is 6.42 Å². The van der Waals surface area contributed by atoms with Gasteiger partial charge in [0.25, 0.3) is 0 Å². The molecule has 0 saturated carbocycles. The Bertz CT molecular complexity index is 960. The van der Waals surface area contributed by atoms with Gasteiger partial charge in [0.05, 0.1) is 17.8 Å². The van der Waals surface area contributed by atoms with E-state index in [1.807, 2.05) is 78.3 Å². The fraction of sp³-hybridized carbons (Fsp3) is 0.348. The number of carbonyl (C=O) groups is 1. The van der Waals surface area contributed by atoms with Gasteiger partial charge < -0.3 is 4.90 Å². The number of carbonyl (C=O) groups excluding carboxylic acids is 1. The number of para-hydroxylation sites is 1. The van der Waals surface area contributed by atoms with E-state index >= 15 is 0 Å². The highest BCUT2D eigenvalue weighted by Crippen LogP contribution is 2.19. The summed E-state index contributed by atoms with van der Waals surface area (Å²) < 4.78 is 1.94. The molecule has 29 heavy (non-hydrogen) atoms. The Labute approximate surface area is 171 Å². The number of pyridine rings is 1. The predicted octanol–water partition coefficient (Wildman–Crippen LogP) is 2.77. The molecule has 1 aromatic carbocycles. The molecule has 6 heteroatoms. The molecule has 0 bridgehead atoms. The molecule has 0 radical (unpaired) electrons. The zero-order chi connectivity index (χ0) is 20.2. The van der Waals surface area contributed by atoms with Crippen LogP contribution >= 0.6 is 0 Å². The number of aryl methyl sites for hydroxylation is 1. The lowest BCUT2D eigenvalue weighted by Gasteiger charge is -2.34. The number of amides is 1. The Morgan fingerprint density at radius 2 is 1.66 bits per heavy atom. The molecule has 150 valence electrons. The number of nitrogens with zero attached hydrogens (tertiary/aromatic N) is 5. The van der Waals surface area contributed by atoms with Crippen LogP contribution in [0, 0.1) is 13.8 Å². The summed E-state index contributed by atoms with van der Waals surface area (Å²) in [5, 5.41) is 4.67. The van der Waals surface area contributed by atoms with Crippen molar-refractivity contribution in [2.45, 2.75) is 26.8 Å². The number of hydrogen-bond donors (Lipinski definition) is 0. The summed E-state index contributed by atoms with van der Waals surface area (Å²) >= 11 is 0. The second-order valence-corrected chi connectivity index (χ2v) is 7.59. The predicted molar refractivity (Wildman–Crippen MR) is 113 cm³/mol. The topological polar surface area (TPSA) is 54.3 Å². The largest absolute Gasteiger partial charge is 0.340 e. The van der Waals surface area contributed by atoms with Crippen LogP contribution in [0.15, 0.2) is 54.9 Å². The summed E-state index contributed by atoms with van der Waals surface area (Å²) in [5.41, 5.74) is 5.29. The van der Waals surface area contributed by atoms with Crippen molar-refractivity contribution in [1.82, 2.24) is 24.6 Å². The first-order valence-electron chi connectivity index (χ1n) is 10.1. The highest BCUT2D eigenvalue weighted by atomic mass is 16.2. The maximum Gasteiger partial charge on any atom is 0.227 e. The SMILES string of the molecule is Cc1nn(-c2ccccc2)c(C)c1CC(=O)N1CCN(Cc2ccncc2)CC1. The fourth-order valence-corrected chi connectivity index (χ4v) is 3.92. The third-order valence-electron chi connectivity index (χ3n) is 5.65. The molecule has 3 heterocycles. The Morgan fingerprint density at radius 3 is 2.34 bits per heavy atom. The minimum Gasteiger partial charge on any atom is -0.340 e. The van der Waals surface area contributed by atoms with Gasteiger partial charge >= 0.3 is 0 Å². The lowest BCUT2D eigenvalue weighted by atomic mass is 10.1. The van der Waals surface area contributed by atoms with E-state index in [0.717, 1.165) is 55.4 Å². The van der Waals surface area contributed by atoms with Gasteiger partial charge in [0, 0.05) is 56.4 Å². The minimum absolute atomic E-state index is 0.187. The van der Waals surface area contributed by atoms with Crippen molar-refractivity contribution in [2.24, 2.45) is 0 Å². The summed E-state index contributed by atoms with van der Waals surface area (Å²) in [7, 11) is 0. The van der Waals surface area contributed by atoms with Gasteiger partial charge in [-0.1, -0.05) is 18.2 Å². The number of piperazine rings is 1. The van der Waals surface area contributed by atoms with Gasteiger partial charge in [0.2, 0.25) is 5.91 Å². The van der Waals surface area contributed by atoms with E-state index in [9.17, 15) is 4.79 Å². The van der Waals surface area contributed by atoms with Gasteiger partial charge in [-0.2, -0.15) is 5.10 Å². The average molecular weight is 390 g/mol. The van der Waals surface area contributed by atoms with Crippen LogP contribution in [-0.4, -0.2) is 56.7 Å². The Morgan fingerprint density at radius 1 is 0.966 bits per heavy atom. The maximum absolute atomic E-state index is 12.9. The van der Waals surface area contributed by atoms with Crippen LogP contribution < -0.4 is 0 Å². The lowest BCUT2D eigenvalue weighted by Crippen LogP contribution is -2.48. The van der Waals surface area contributed by atoms with E-state index in [4.69, 9.17) is 0 Å². The first-order valence-corrected chi connectivity index (χ1v) is 10.1. The third-order valence-corrected chi connectivity index (χ3v) is 5.65. The summed E-state index contributed by atoms with van der Waals surface area (Å²) in [4.78, 5) is 21.4. The number of rotatable bonds is 5. The summed E-state index contributed by atoms with van der Waals surface area (Å²) in [6.07, 6.45) is 4.07. The van der Waals surface area contributed by atoms with Gasteiger partial charge in [-0.15, -0.1) is 0 Å². The number of aromatic nitrogens is 3. The van der Waals surface area contributed by atoms with Crippen LogP contribution in [0.1, 0.15) is 22.5 Å². The number of benzene rings is 1. The van der Waals surface area contributed by atoms with E-state index in [1.165, 1.54) is 5.56 Å². The van der Waals surface area contributed by atoms with Gasteiger partial charge in [-0.3, -0.25) is 14.7 Å². The van der Waals surface area contributed by atoms with Crippen LogP contribution in [0.25, 0.3) is 5.69 Å². The molecule has 1 fully saturated rings. The van der Waals surface area contributed by atoms with Crippen LogP contribution in [0.5, 0.6) is 0 Å². The molecule has 1 saturated heterocycles. The zero-order valence-electron chi connectivity index (χ0n) is 17.1. The van der Waals surface area contributed by atoms with Gasteiger partial charge in [-0.25, -0.2) is 4.68 Å². The second-order valence-electron chi connectivity index (χ2n) is 7.59. The van der Waals surface area contributed by atoms with E-state index in [2.05, 4.69) is 15.0 Å². The van der Waals surface area contributed by atoms with E-state index in [-0.39, 0.29) is 5.91 Å². The zero-order valence-corrected chi connectivity index (χ0v) is 17.1. The molecule has 1 aliphatic rings. The molecule has 1 amide bonds. The van der Waals surface area contributed by atoms with Crippen molar-refractivity contribution < 1.29 is 4.79 Å². The Balaban J connectivity index is 1.37. The highest BCUT2D eigenvalue weighted by Gasteiger charge is 2.23. The summed E-state index contributed by atoms with van der Waals surface area (Å²) in [6.45, 7) is 8.28. The highest BCUT2D eigenvalue weighted by molar-refractivity contribution is 5.79. The van der Waals surface area contributed by atoms with Crippen LogP contribution in [-0.2, 0) is 17.8 Å². The van der Waals surface area contributed by atoms with Crippen molar-refractivity contribution in [3.05, 3.63) is 77.4 Å². The fourth-order valence-electron chi connectivity index (χ4n) is 3.92. The molecule has 0 spiro atoms. The van der Waals surface area contributed by atoms with Crippen molar-refractivity contribution in [2.75, 3.05) is 26.2 Å². The molecular weight excluding hydrogens is 362 g/mol. The summed E-state index contributed by atoms with van der Waals surface area (Å²) in [5.74, 6) is 0.187. The maximum atomic E-state index is 12.9. The van der Waals surface area contributed by atoms with Crippen LogP contribution in [0.4, 0.5) is 0 Å². The average Bonchev–Trinajstić information content (AvgIpc) is 3.04.